The number of aliphatic hydroxyl groups is 1. The molecule has 0 saturated heterocycles. The maximum atomic E-state index is 9.92. The molecule has 1 aromatic carbocycles. The van der Waals surface area contributed by atoms with Gasteiger partial charge in [0, 0.05) is 12.1 Å². The first-order valence-corrected chi connectivity index (χ1v) is 7.50. The number of aryl methyl sites for hydroxylation is 1. The Kier molecular flexibility index (Phi) is 4.32. The summed E-state index contributed by atoms with van der Waals surface area (Å²) in [7, 11) is 0. The van der Waals surface area contributed by atoms with Gasteiger partial charge in [0.25, 0.3) is 0 Å². The summed E-state index contributed by atoms with van der Waals surface area (Å²) in [5.74, 6) is 0. The molecule has 0 aliphatic carbocycles. The summed E-state index contributed by atoms with van der Waals surface area (Å²) < 4.78 is 0. The Bertz CT molecular complexity index is 433. The van der Waals surface area contributed by atoms with E-state index >= 15 is 0 Å². The van der Waals surface area contributed by atoms with Crippen molar-refractivity contribution in [3.05, 3.63) is 34.9 Å². The van der Waals surface area contributed by atoms with Crippen LogP contribution in [0.15, 0.2) is 18.2 Å². The van der Waals surface area contributed by atoms with Gasteiger partial charge in [-0.25, -0.2) is 0 Å². The first-order chi connectivity index (χ1) is 8.90. The van der Waals surface area contributed by atoms with E-state index in [-0.39, 0.29) is 0 Å². The Morgan fingerprint density at radius 1 is 1.37 bits per heavy atom. The number of fused-ring (bicyclic) bond motifs is 1. The molecule has 19 heavy (non-hydrogen) atoms. The average Bonchev–Trinajstić information content (AvgIpc) is 2.35. The fraction of sp³-hybridized carbons (Fsp3) is 0.647. The Morgan fingerprint density at radius 2 is 2.11 bits per heavy atom. The standard InChI is InChI=1S/C17H27NO/c1-5-14-11-16-13(9-10-17(3,4)19)7-6-8-15(16)12(2)18-14/h6-8,12,14,18-19H,5,9-11H2,1-4H3/t12-,14-/m0/s1. The Balaban J connectivity index is 2.24. The number of hydrogen-bond donors (Lipinski definition) is 2. The molecule has 1 heterocycles. The zero-order valence-corrected chi connectivity index (χ0v) is 12.7. The summed E-state index contributed by atoms with van der Waals surface area (Å²) in [6.45, 7) is 8.28. The highest BCUT2D eigenvalue weighted by Gasteiger charge is 2.24. The van der Waals surface area contributed by atoms with E-state index in [1.54, 1.807) is 0 Å². The van der Waals surface area contributed by atoms with E-state index in [1.165, 1.54) is 23.1 Å². The van der Waals surface area contributed by atoms with Gasteiger partial charge in [-0.15, -0.1) is 0 Å². The van der Waals surface area contributed by atoms with Crippen molar-refractivity contribution in [1.29, 1.82) is 0 Å². The van der Waals surface area contributed by atoms with Gasteiger partial charge >= 0.3 is 0 Å². The second-order valence-electron chi connectivity index (χ2n) is 6.50. The molecule has 0 fully saturated rings. The molecule has 1 aliphatic heterocycles. The zero-order valence-electron chi connectivity index (χ0n) is 12.7. The third kappa shape index (κ3) is 3.58. The molecule has 2 heteroatoms. The molecule has 2 rings (SSSR count). The SMILES string of the molecule is CC[C@H]1Cc2c(CCC(C)(C)O)cccc2[C@H](C)N1. The lowest BCUT2D eigenvalue weighted by Gasteiger charge is -2.32. The second kappa shape index (κ2) is 5.64. The van der Waals surface area contributed by atoms with Gasteiger partial charge in [0.15, 0.2) is 0 Å². The molecular formula is C17H27NO. The number of hydrogen-bond acceptors (Lipinski definition) is 2. The van der Waals surface area contributed by atoms with Crippen molar-refractivity contribution >= 4 is 0 Å². The molecule has 2 nitrogen and oxygen atoms in total. The van der Waals surface area contributed by atoms with Crippen molar-refractivity contribution in [3.63, 3.8) is 0 Å². The molecule has 0 bridgehead atoms. The largest absolute Gasteiger partial charge is 0.390 e. The Labute approximate surface area is 117 Å². The zero-order chi connectivity index (χ0) is 14.0. The predicted molar refractivity (Wildman–Crippen MR) is 80.4 cm³/mol. The third-order valence-corrected chi connectivity index (χ3v) is 4.21. The Hall–Kier alpha value is -0.860. The first kappa shape index (κ1) is 14.5. The number of nitrogens with one attached hydrogen (secondary N) is 1. The minimum absolute atomic E-state index is 0.441. The van der Waals surface area contributed by atoms with Gasteiger partial charge in [0.1, 0.15) is 0 Å². The molecular weight excluding hydrogens is 234 g/mol. The minimum atomic E-state index is -0.578. The summed E-state index contributed by atoms with van der Waals surface area (Å²) in [4.78, 5) is 0. The lowest BCUT2D eigenvalue weighted by atomic mass is 9.84. The number of rotatable bonds is 4. The molecule has 106 valence electrons. The normalized spacial score (nSPS) is 23.2. The van der Waals surface area contributed by atoms with Crippen LogP contribution < -0.4 is 5.32 Å². The van der Waals surface area contributed by atoms with E-state index in [4.69, 9.17) is 0 Å². The lowest BCUT2D eigenvalue weighted by Crippen LogP contribution is -2.38. The molecule has 0 saturated carbocycles. The monoisotopic (exact) mass is 261 g/mol. The molecule has 2 atom stereocenters. The molecule has 1 aliphatic rings. The van der Waals surface area contributed by atoms with Crippen LogP contribution in [-0.4, -0.2) is 16.7 Å². The average molecular weight is 261 g/mol. The van der Waals surface area contributed by atoms with E-state index in [0.29, 0.717) is 12.1 Å². The van der Waals surface area contributed by atoms with Crippen molar-refractivity contribution in [2.75, 3.05) is 0 Å². The highest BCUT2D eigenvalue weighted by molar-refractivity contribution is 5.40. The van der Waals surface area contributed by atoms with E-state index in [2.05, 4.69) is 37.4 Å². The van der Waals surface area contributed by atoms with Crippen LogP contribution in [0, 0.1) is 0 Å². The third-order valence-electron chi connectivity index (χ3n) is 4.21. The van der Waals surface area contributed by atoms with Crippen molar-refractivity contribution in [2.24, 2.45) is 0 Å². The summed E-state index contributed by atoms with van der Waals surface area (Å²) >= 11 is 0. The van der Waals surface area contributed by atoms with Gasteiger partial charge in [0.05, 0.1) is 5.60 Å². The van der Waals surface area contributed by atoms with Gasteiger partial charge in [-0.05, 0) is 63.1 Å². The molecule has 0 aromatic heterocycles. The van der Waals surface area contributed by atoms with Gasteiger partial charge in [-0.1, -0.05) is 25.1 Å². The van der Waals surface area contributed by atoms with Crippen molar-refractivity contribution < 1.29 is 5.11 Å². The van der Waals surface area contributed by atoms with Crippen LogP contribution in [0.3, 0.4) is 0 Å². The molecule has 2 N–H and O–H groups in total. The summed E-state index contributed by atoms with van der Waals surface area (Å²) in [6.07, 6.45) is 4.08. The highest BCUT2D eigenvalue weighted by atomic mass is 16.3. The van der Waals surface area contributed by atoms with E-state index in [0.717, 1.165) is 19.3 Å². The van der Waals surface area contributed by atoms with Crippen molar-refractivity contribution in [2.45, 2.75) is 71.1 Å². The predicted octanol–water partition coefficient (Wildman–Crippen LogP) is 3.38. The first-order valence-electron chi connectivity index (χ1n) is 7.50. The van der Waals surface area contributed by atoms with Crippen molar-refractivity contribution in [1.82, 2.24) is 5.32 Å². The van der Waals surface area contributed by atoms with Crippen LogP contribution >= 0.6 is 0 Å². The topological polar surface area (TPSA) is 32.3 Å². The maximum Gasteiger partial charge on any atom is 0.0594 e. The molecule has 0 unspecified atom stereocenters. The highest BCUT2D eigenvalue weighted by Crippen LogP contribution is 2.30. The van der Waals surface area contributed by atoms with E-state index in [1.807, 2.05) is 13.8 Å². The summed E-state index contributed by atoms with van der Waals surface area (Å²) in [6, 6.07) is 7.66. The van der Waals surface area contributed by atoms with Crippen LogP contribution in [0.2, 0.25) is 0 Å². The second-order valence-corrected chi connectivity index (χ2v) is 6.50. The molecule has 1 aromatic rings. The van der Waals surface area contributed by atoms with E-state index < -0.39 is 5.60 Å². The smallest absolute Gasteiger partial charge is 0.0594 e. The fourth-order valence-electron chi connectivity index (χ4n) is 2.99. The lowest BCUT2D eigenvalue weighted by molar-refractivity contribution is 0.0713. The van der Waals surface area contributed by atoms with Gasteiger partial charge in [0.2, 0.25) is 0 Å². The van der Waals surface area contributed by atoms with Gasteiger partial charge < -0.3 is 10.4 Å². The molecule has 0 amide bonds. The summed E-state index contributed by atoms with van der Waals surface area (Å²) in [5.41, 5.74) is 3.81. The number of benzene rings is 1. The van der Waals surface area contributed by atoms with Gasteiger partial charge in [-0.3, -0.25) is 0 Å². The summed E-state index contributed by atoms with van der Waals surface area (Å²) in [5, 5.41) is 13.6. The van der Waals surface area contributed by atoms with Crippen molar-refractivity contribution in [3.8, 4) is 0 Å². The van der Waals surface area contributed by atoms with E-state index in [9.17, 15) is 5.11 Å². The quantitative estimate of drug-likeness (QED) is 0.871. The Morgan fingerprint density at radius 3 is 2.74 bits per heavy atom. The van der Waals surface area contributed by atoms with Crippen LogP contribution in [0.5, 0.6) is 0 Å². The van der Waals surface area contributed by atoms with Crippen LogP contribution in [-0.2, 0) is 12.8 Å². The minimum Gasteiger partial charge on any atom is -0.390 e. The van der Waals surface area contributed by atoms with Crippen LogP contribution in [0.4, 0.5) is 0 Å². The fourth-order valence-corrected chi connectivity index (χ4v) is 2.99. The van der Waals surface area contributed by atoms with Gasteiger partial charge in [-0.2, -0.15) is 0 Å². The molecule has 0 radical (unpaired) electrons. The maximum absolute atomic E-state index is 9.92. The van der Waals surface area contributed by atoms with Crippen LogP contribution in [0.25, 0.3) is 0 Å². The van der Waals surface area contributed by atoms with Crippen LogP contribution in [0.1, 0.15) is 63.3 Å². The molecule has 0 spiro atoms.